The van der Waals surface area contributed by atoms with Crippen LogP contribution < -0.4 is 5.32 Å². The molecule has 1 N–H and O–H groups in total. The van der Waals surface area contributed by atoms with Crippen LogP contribution in [0.4, 0.5) is 0 Å². The van der Waals surface area contributed by atoms with Crippen molar-refractivity contribution in [2.75, 3.05) is 33.9 Å². The van der Waals surface area contributed by atoms with Crippen molar-refractivity contribution in [3.05, 3.63) is 0 Å². The van der Waals surface area contributed by atoms with Gasteiger partial charge >= 0.3 is 0 Å². The Morgan fingerprint density at radius 2 is 1.94 bits per heavy atom. The van der Waals surface area contributed by atoms with E-state index in [9.17, 15) is 4.79 Å². The predicted molar refractivity (Wildman–Crippen MR) is 68.2 cm³/mol. The van der Waals surface area contributed by atoms with Crippen molar-refractivity contribution in [3.8, 4) is 0 Å². The predicted octanol–water partition coefficient (Wildman–Crippen LogP) is 0.740. The first kappa shape index (κ1) is 13.8. The van der Waals surface area contributed by atoms with E-state index in [-0.39, 0.29) is 11.7 Å². The second kappa shape index (κ2) is 5.99. The summed E-state index contributed by atoms with van der Waals surface area (Å²) in [5, 5.41) is 2.66. The maximum absolute atomic E-state index is 11.2. The fourth-order valence-corrected chi connectivity index (χ4v) is 2.85. The fourth-order valence-electron chi connectivity index (χ4n) is 2.85. The quantitative estimate of drug-likeness (QED) is 0.806. The van der Waals surface area contributed by atoms with E-state index < -0.39 is 0 Å². The number of ether oxygens (including phenoxy) is 2. The van der Waals surface area contributed by atoms with Crippen molar-refractivity contribution in [1.82, 2.24) is 10.2 Å². The SMILES string of the molecule is CNC(=O)CCN(C)C1CCC2(CC1)OCCO2. The topological polar surface area (TPSA) is 50.8 Å². The molecule has 0 atom stereocenters. The maximum atomic E-state index is 11.2. The molecule has 2 fully saturated rings. The van der Waals surface area contributed by atoms with E-state index in [0.29, 0.717) is 12.5 Å². The number of nitrogens with zero attached hydrogens (tertiary/aromatic N) is 1. The van der Waals surface area contributed by atoms with Gasteiger partial charge in [0.1, 0.15) is 0 Å². The van der Waals surface area contributed by atoms with Crippen LogP contribution in [0.15, 0.2) is 0 Å². The van der Waals surface area contributed by atoms with E-state index in [0.717, 1.165) is 45.4 Å². The molecule has 18 heavy (non-hydrogen) atoms. The lowest BCUT2D eigenvalue weighted by Crippen LogP contribution is -2.43. The van der Waals surface area contributed by atoms with Gasteiger partial charge in [-0.1, -0.05) is 0 Å². The molecule has 1 saturated heterocycles. The Bertz CT molecular complexity index is 280. The number of carbonyl (C=O) groups is 1. The van der Waals surface area contributed by atoms with Gasteiger partial charge in [-0.05, 0) is 19.9 Å². The molecular weight excluding hydrogens is 232 g/mol. The Kier molecular flexibility index (Phi) is 4.59. The number of nitrogens with one attached hydrogen (secondary N) is 1. The van der Waals surface area contributed by atoms with E-state index in [1.54, 1.807) is 7.05 Å². The molecule has 1 heterocycles. The molecule has 0 radical (unpaired) electrons. The van der Waals surface area contributed by atoms with Crippen molar-refractivity contribution in [1.29, 1.82) is 0 Å². The second-order valence-corrected chi connectivity index (χ2v) is 5.24. The molecule has 0 aromatic heterocycles. The number of hydrogen-bond acceptors (Lipinski definition) is 4. The molecule has 2 rings (SSSR count). The Labute approximate surface area is 109 Å². The lowest BCUT2D eigenvalue weighted by Gasteiger charge is -2.39. The number of rotatable bonds is 4. The zero-order valence-electron chi connectivity index (χ0n) is 11.4. The molecule has 0 aromatic rings. The summed E-state index contributed by atoms with van der Waals surface area (Å²) < 4.78 is 11.4. The maximum Gasteiger partial charge on any atom is 0.221 e. The number of hydrogen-bond donors (Lipinski definition) is 1. The monoisotopic (exact) mass is 256 g/mol. The minimum Gasteiger partial charge on any atom is -0.359 e. The normalized spacial score (nSPS) is 23.7. The summed E-state index contributed by atoms with van der Waals surface area (Å²) >= 11 is 0. The van der Waals surface area contributed by atoms with Crippen LogP contribution in [0, 0.1) is 0 Å². The largest absolute Gasteiger partial charge is 0.359 e. The van der Waals surface area contributed by atoms with Crippen molar-refractivity contribution < 1.29 is 14.3 Å². The molecule has 0 bridgehead atoms. The van der Waals surface area contributed by atoms with Gasteiger partial charge < -0.3 is 19.7 Å². The summed E-state index contributed by atoms with van der Waals surface area (Å²) in [6.45, 7) is 2.29. The van der Waals surface area contributed by atoms with Crippen molar-refractivity contribution >= 4 is 5.91 Å². The summed E-state index contributed by atoms with van der Waals surface area (Å²) in [5.41, 5.74) is 0. The van der Waals surface area contributed by atoms with Gasteiger partial charge in [-0.15, -0.1) is 0 Å². The van der Waals surface area contributed by atoms with Crippen LogP contribution in [0.5, 0.6) is 0 Å². The van der Waals surface area contributed by atoms with Gasteiger partial charge in [0, 0.05) is 38.9 Å². The van der Waals surface area contributed by atoms with Crippen LogP contribution in [0.1, 0.15) is 32.1 Å². The van der Waals surface area contributed by atoms with Crippen LogP contribution in [0.25, 0.3) is 0 Å². The Balaban J connectivity index is 1.73. The lowest BCUT2D eigenvalue weighted by molar-refractivity contribution is -0.183. The third-order valence-corrected chi connectivity index (χ3v) is 4.12. The molecular formula is C13H24N2O3. The highest BCUT2D eigenvalue weighted by Gasteiger charge is 2.40. The van der Waals surface area contributed by atoms with Gasteiger partial charge in [0.05, 0.1) is 13.2 Å². The molecule has 1 saturated carbocycles. The van der Waals surface area contributed by atoms with Gasteiger partial charge in [0.15, 0.2) is 5.79 Å². The van der Waals surface area contributed by atoms with Crippen molar-refractivity contribution in [2.24, 2.45) is 0 Å². The van der Waals surface area contributed by atoms with Crippen LogP contribution in [0.3, 0.4) is 0 Å². The molecule has 1 aliphatic carbocycles. The summed E-state index contributed by atoms with van der Waals surface area (Å²) in [7, 11) is 3.78. The van der Waals surface area contributed by atoms with E-state index in [1.165, 1.54) is 0 Å². The van der Waals surface area contributed by atoms with Gasteiger partial charge in [0.25, 0.3) is 0 Å². The highest BCUT2D eigenvalue weighted by molar-refractivity contribution is 5.75. The van der Waals surface area contributed by atoms with E-state index >= 15 is 0 Å². The third-order valence-electron chi connectivity index (χ3n) is 4.12. The first-order valence-corrected chi connectivity index (χ1v) is 6.84. The fraction of sp³-hybridized carbons (Fsp3) is 0.923. The van der Waals surface area contributed by atoms with Gasteiger partial charge in [0.2, 0.25) is 5.91 Å². The average molecular weight is 256 g/mol. The van der Waals surface area contributed by atoms with Gasteiger partial charge in [-0.2, -0.15) is 0 Å². The molecule has 5 heteroatoms. The molecule has 5 nitrogen and oxygen atoms in total. The van der Waals surface area contributed by atoms with Crippen LogP contribution in [-0.4, -0.2) is 56.5 Å². The van der Waals surface area contributed by atoms with Crippen molar-refractivity contribution in [3.63, 3.8) is 0 Å². The Hall–Kier alpha value is -0.650. The highest BCUT2D eigenvalue weighted by atomic mass is 16.7. The standard InChI is InChI=1S/C13H24N2O3/c1-14-12(16)5-8-15(2)11-3-6-13(7-4-11)17-9-10-18-13/h11H,3-10H2,1-2H3,(H,14,16). The highest BCUT2D eigenvalue weighted by Crippen LogP contribution is 2.36. The van der Waals surface area contributed by atoms with Crippen LogP contribution in [-0.2, 0) is 14.3 Å². The minimum atomic E-state index is -0.280. The zero-order chi connectivity index (χ0) is 13.0. The summed E-state index contributed by atoms with van der Waals surface area (Å²) in [6, 6.07) is 0.549. The minimum absolute atomic E-state index is 0.108. The number of amides is 1. The van der Waals surface area contributed by atoms with Gasteiger partial charge in [-0.25, -0.2) is 0 Å². The lowest BCUT2D eigenvalue weighted by atomic mass is 9.89. The first-order chi connectivity index (χ1) is 8.65. The van der Waals surface area contributed by atoms with Crippen LogP contribution >= 0.6 is 0 Å². The molecule has 1 aliphatic heterocycles. The molecule has 104 valence electrons. The first-order valence-electron chi connectivity index (χ1n) is 6.84. The summed E-state index contributed by atoms with van der Waals surface area (Å²) in [6.07, 6.45) is 4.69. The van der Waals surface area contributed by atoms with Gasteiger partial charge in [-0.3, -0.25) is 4.79 Å². The zero-order valence-corrected chi connectivity index (χ0v) is 11.4. The summed E-state index contributed by atoms with van der Waals surface area (Å²) in [4.78, 5) is 13.5. The molecule has 1 amide bonds. The van der Waals surface area contributed by atoms with E-state index in [2.05, 4.69) is 17.3 Å². The third kappa shape index (κ3) is 3.22. The Morgan fingerprint density at radius 1 is 1.33 bits per heavy atom. The molecule has 2 aliphatic rings. The van der Waals surface area contributed by atoms with E-state index in [4.69, 9.17) is 9.47 Å². The van der Waals surface area contributed by atoms with Crippen molar-refractivity contribution in [2.45, 2.75) is 43.9 Å². The molecule has 1 spiro atoms. The second-order valence-electron chi connectivity index (χ2n) is 5.24. The van der Waals surface area contributed by atoms with E-state index in [1.807, 2.05) is 0 Å². The molecule has 0 unspecified atom stereocenters. The van der Waals surface area contributed by atoms with Crippen LogP contribution in [0.2, 0.25) is 0 Å². The Morgan fingerprint density at radius 3 is 2.50 bits per heavy atom. The average Bonchev–Trinajstić information content (AvgIpc) is 2.84. The molecule has 0 aromatic carbocycles. The number of carbonyl (C=O) groups excluding carboxylic acids is 1. The summed E-state index contributed by atoms with van der Waals surface area (Å²) in [5.74, 6) is -0.172. The smallest absolute Gasteiger partial charge is 0.221 e.